The number of rotatable bonds is 7. The van der Waals surface area contributed by atoms with E-state index in [4.69, 9.17) is 4.74 Å². The first-order chi connectivity index (χ1) is 9.10. The fourth-order valence-corrected chi connectivity index (χ4v) is 1.67. The summed E-state index contributed by atoms with van der Waals surface area (Å²) in [5, 5.41) is 20.2. The molecular formula is C15H18O4. The fraction of sp³-hybridized carbons (Fsp3) is 0.267. The topological polar surface area (TPSA) is 66.8 Å². The van der Waals surface area contributed by atoms with Crippen molar-refractivity contribution in [2.75, 3.05) is 0 Å². The number of carbonyl (C=O) groups is 1. The number of hydrogen-bond acceptors (Lipinski definition) is 4. The molecule has 1 rings (SSSR count). The molecule has 0 bridgehead atoms. The van der Waals surface area contributed by atoms with Crippen molar-refractivity contribution in [1.82, 2.24) is 0 Å². The zero-order valence-corrected chi connectivity index (χ0v) is 10.6. The van der Waals surface area contributed by atoms with Crippen molar-refractivity contribution < 1.29 is 19.7 Å². The van der Waals surface area contributed by atoms with Gasteiger partial charge in [-0.1, -0.05) is 43.0 Å². The molecule has 0 aliphatic carbocycles. The van der Waals surface area contributed by atoms with Crippen molar-refractivity contribution >= 4 is 5.97 Å². The SMILES string of the molecule is C=CC[C@H](OC(=O)C=C)[C@@H](O)[C@H](O)c1ccccc1. The average molecular weight is 262 g/mol. The van der Waals surface area contributed by atoms with Crippen LogP contribution >= 0.6 is 0 Å². The first-order valence-corrected chi connectivity index (χ1v) is 5.95. The Kier molecular flexibility index (Phi) is 5.99. The van der Waals surface area contributed by atoms with Crippen molar-refractivity contribution in [2.45, 2.75) is 24.7 Å². The molecule has 0 saturated heterocycles. The van der Waals surface area contributed by atoms with Gasteiger partial charge in [-0.2, -0.15) is 0 Å². The molecule has 102 valence electrons. The smallest absolute Gasteiger partial charge is 0.330 e. The second-order valence-electron chi connectivity index (χ2n) is 4.05. The number of aliphatic hydroxyl groups is 2. The van der Waals surface area contributed by atoms with Crippen molar-refractivity contribution in [1.29, 1.82) is 0 Å². The molecular weight excluding hydrogens is 244 g/mol. The third-order valence-corrected chi connectivity index (χ3v) is 2.68. The standard InChI is InChI=1S/C15H18O4/c1-3-8-12(19-13(16)4-2)15(18)14(17)11-9-6-5-7-10-11/h3-7,9-10,12,14-15,17-18H,1-2,8H2/t12-,14+,15+/m0/s1. The lowest BCUT2D eigenvalue weighted by atomic mass is 9.98. The number of aliphatic hydroxyl groups excluding tert-OH is 2. The van der Waals surface area contributed by atoms with Crippen LogP contribution in [-0.4, -0.2) is 28.4 Å². The number of benzene rings is 1. The third kappa shape index (κ3) is 4.35. The second-order valence-corrected chi connectivity index (χ2v) is 4.05. The van der Waals surface area contributed by atoms with Gasteiger partial charge in [-0.25, -0.2) is 4.79 Å². The number of carbonyl (C=O) groups excluding carboxylic acids is 1. The number of esters is 1. The van der Waals surface area contributed by atoms with Gasteiger partial charge in [0.2, 0.25) is 0 Å². The summed E-state index contributed by atoms with van der Waals surface area (Å²) in [6, 6.07) is 8.69. The molecule has 19 heavy (non-hydrogen) atoms. The van der Waals surface area contributed by atoms with Gasteiger partial charge in [0.25, 0.3) is 0 Å². The van der Waals surface area contributed by atoms with Crippen LogP contribution in [0.1, 0.15) is 18.1 Å². The van der Waals surface area contributed by atoms with E-state index in [1.165, 1.54) is 6.08 Å². The van der Waals surface area contributed by atoms with Gasteiger partial charge in [0.05, 0.1) is 0 Å². The molecule has 4 heteroatoms. The monoisotopic (exact) mass is 262 g/mol. The zero-order valence-electron chi connectivity index (χ0n) is 10.6. The van der Waals surface area contributed by atoms with Crippen LogP contribution in [0.2, 0.25) is 0 Å². The van der Waals surface area contributed by atoms with Gasteiger partial charge in [-0.3, -0.25) is 0 Å². The summed E-state index contributed by atoms with van der Waals surface area (Å²) in [5.74, 6) is -0.647. The normalized spacial score (nSPS) is 15.1. The molecule has 0 aromatic heterocycles. The van der Waals surface area contributed by atoms with E-state index in [0.717, 1.165) is 6.08 Å². The maximum atomic E-state index is 11.2. The van der Waals surface area contributed by atoms with Gasteiger partial charge in [-0.05, 0) is 5.56 Å². The Morgan fingerprint density at radius 1 is 1.26 bits per heavy atom. The Morgan fingerprint density at radius 3 is 2.42 bits per heavy atom. The van der Waals surface area contributed by atoms with E-state index in [0.29, 0.717) is 5.56 Å². The van der Waals surface area contributed by atoms with Crippen LogP contribution in [0, 0.1) is 0 Å². The Morgan fingerprint density at radius 2 is 1.89 bits per heavy atom. The average Bonchev–Trinajstić information content (AvgIpc) is 2.46. The molecule has 0 spiro atoms. The fourth-order valence-electron chi connectivity index (χ4n) is 1.67. The van der Waals surface area contributed by atoms with Crippen LogP contribution in [-0.2, 0) is 9.53 Å². The summed E-state index contributed by atoms with van der Waals surface area (Å²) < 4.78 is 5.01. The lowest BCUT2D eigenvalue weighted by molar-refractivity contribution is -0.153. The van der Waals surface area contributed by atoms with Gasteiger partial charge in [0, 0.05) is 12.5 Å². The summed E-state index contributed by atoms with van der Waals surface area (Å²) in [4.78, 5) is 11.2. The van der Waals surface area contributed by atoms with E-state index < -0.39 is 24.3 Å². The lowest BCUT2D eigenvalue weighted by Crippen LogP contribution is -2.35. The van der Waals surface area contributed by atoms with Gasteiger partial charge in [0.15, 0.2) is 0 Å². The van der Waals surface area contributed by atoms with Gasteiger partial charge >= 0.3 is 5.97 Å². The van der Waals surface area contributed by atoms with E-state index in [2.05, 4.69) is 13.2 Å². The maximum Gasteiger partial charge on any atom is 0.330 e. The number of hydrogen-bond donors (Lipinski definition) is 2. The summed E-state index contributed by atoms with van der Waals surface area (Å²) >= 11 is 0. The van der Waals surface area contributed by atoms with Crippen LogP contribution in [0.3, 0.4) is 0 Å². The highest BCUT2D eigenvalue weighted by Crippen LogP contribution is 2.22. The number of ether oxygens (including phenoxy) is 1. The molecule has 0 heterocycles. The summed E-state index contributed by atoms with van der Waals surface area (Å²) in [6.45, 7) is 6.83. The molecule has 0 radical (unpaired) electrons. The molecule has 0 aliphatic rings. The van der Waals surface area contributed by atoms with Crippen LogP contribution in [0.15, 0.2) is 55.6 Å². The predicted molar refractivity (Wildman–Crippen MR) is 72.3 cm³/mol. The quantitative estimate of drug-likeness (QED) is 0.446. The highest BCUT2D eigenvalue weighted by atomic mass is 16.6. The molecule has 1 aromatic rings. The predicted octanol–water partition coefficient (Wildman–Crippen LogP) is 1.75. The third-order valence-electron chi connectivity index (χ3n) is 2.68. The van der Waals surface area contributed by atoms with Crippen LogP contribution < -0.4 is 0 Å². The van der Waals surface area contributed by atoms with E-state index >= 15 is 0 Å². The summed E-state index contributed by atoms with van der Waals surface area (Å²) in [7, 11) is 0. The second kappa shape index (κ2) is 7.51. The molecule has 0 aliphatic heterocycles. The van der Waals surface area contributed by atoms with E-state index in [1.807, 2.05) is 6.07 Å². The molecule has 1 aromatic carbocycles. The van der Waals surface area contributed by atoms with Crippen molar-refractivity contribution in [2.24, 2.45) is 0 Å². The van der Waals surface area contributed by atoms with Gasteiger partial charge in [-0.15, -0.1) is 6.58 Å². The van der Waals surface area contributed by atoms with Gasteiger partial charge in [0.1, 0.15) is 18.3 Å². The Balaban J connectivity index is 2.80. The van der Waals surface area contributed by atoms with Crippen molar-refractivity contribution in [3.05, 3.63) is 61.2 Å². The molecule has 0 saturated carbocycles. The lowest BCUT2D eigenvalue weighted by Gasteiger charge is -2.25. The van der Waals surface area contributed by atoms with E-state index in [-0.39, 0.29) is 6.42 Å². The molecule has 4 nitrogen and oxygen atoms in total. The molecule has 0 unspecified atom stereocenters. The van der Waals surface area contributed by atoms with E-state index in [9.17, 15) is 15.0 Å². The minimum Gasteiger partial charge on any atom is -0.456 e. The largest absolute Gasteiger partial charge is 0.456 e. The molecule has 3 atom stereocenters. The first-order valence-electron chi connectivity index (χ1n) is 5.95. The van der Waals surface area contributed by atoms with Crippen LogP contribution in [0.4, 0.5) is 0 Å². The maximum absolute atomic E-state index is 11.2. The zero-order chi connectivity index (χ0) is 14.3. The Labute approximate surface area is 112 Å². The van der Waals surface area contributed by atoms with Crippen molar-refractivity contribution in [3.8, 4) is 0 Å². The highest BCUT2D eigenvalue weighted by Gasteiger charge is 2.29. The molecule has 0 amide bonds. The van der Waals surface area contributed by atoms with Gasteiger partial charge < -0.3 is 14.9 Å². The van der Waals surface area contributed by atoms with Crippen LogP contribution in [0.5, 0.6) is 0 Å². The Hall–Kier alpha value is -1.91. The first kappa shape index (κ1) is 15.1. The summed E-state index contributed by atoms with van der Waals surface area (Å²) in [6.07, 6.45) is -0.462. The molecule has 2 N–H and O–H groups in total. The van der Waals surface area contributed by atoms with Crippen LogP contribution in [0.25, 0.3) is 0 Å². The summed E-state index contributed by atoms with van der Waals surface area (Å²) in [5.41, 5.74) is 0.554. The Bertz CT molecular complexity index is 427. The minimum atomic E-state index is -1.23. The van der Waals surface area contributed by atoms with E-state index in [1.54, 1.807) is 24.3 Å². The molecule has 0 fully saturated rings. The highest BCUT2D eigenvalue weighted by molar-refractivity contribution is 5.81. The van der Waals surface area contributed by atoms with Crippen molar-refractivity contribution in [3.63, 3.8) is 0 Å². The minimum absolute atomic E-state index is 0.241.